The van der Waals surface area contributed by atoms with Gasteiger partial charge in [0.1, 0.15) is 5.75 Å². The third kappa shape index (κ3) is 3.60. The highest BCUT2D eigenvalue weighted by atomic mass is 16.5. The third-order valence-electron chi connectivity index (χ3n) is 3.07. The van der Waals surface area contributed by atoms with Crippen molar-refractivity contribution in [3.8, 4) is 5.75 Å². The Hall–Kier alpha value is -2.29. The maximum atomic E-state index is 12.1. The summed E-state index contributed by atoms with van der Waals surface area (Å²) in [5, 5.41) is 2.84. The highest BCUT2D eigenvalue weighted by Crippen LogP contribution is 2.20. The minimum absolute atomic E-state index is 0.151. The van der Waals surface area contributed by atoms with Crippen LogP contribution in [0, 0.1) is 0 Å². The fraction of sp³-hybridized carbons (Fsp3) is 0.235. The molecule has 0 fully saturated rings. The molecule has 0 radical (unpaired) electrons. The Morgan fingerprint density at radius 2 is 1.75 bits per heavy atom. The maximum absolute atomic E-state index is 12.1. The summed E-state index contributed by atoms with van der Waals surface area (Å²) in [6.45, 7) is 3.82. The lowest BCUT2D eigenvalue weighted by Gasteiger charge is -2.16. The first-order valence-corrected chi connectivity index (χ1v) is 6.81. The largest absolute Gasteiger partial charge is 0.481 e. The van der Waals surface area contributed by atoms with E-state index >= 15 is 0 Å². The van der Waals surface area contributed by atoms with E-state index < -0.39 is 6.10 Å². The molecule has 0 saturated carbocycles. The van der Waals surface area contributed by atoms with Gasteiger partial charge in [0.15, 0.2) is 6.10 Å². The Morgan fingerprint density at radius 3 is 2.45 bits per heavy atom. The summed E-state index contributed by atoms with van der Waals surface area (Å²) >= 11 is 0. The van der Waals surface area contributed by atoms with Crippen molar-refractivity contribution in [3.05, 3.63) is 60.2 Å². The summed E-state index contributed by atoms with van der Waals surface area (Å²) in [4.78, 5) is 12.1. The quantitative estimate of drug-likeness (QED) is 0.899. The Labute approximate surface area is 119 Å². The fourth-order valence-corrected chi connectivity index (χ4v) is 1.92. The van der Waals surface area contributed by atoms with Gasteiger partial charge in [0, 0.05) is 5.69 Å². The topological polar surface area (TPSA) is 38.3 Å². The van der Waals surface area contributed by atoms with Crippen molar-refractivity contribution < 1.29 is 9.53 Å². The van der Waals surface area contributed by atoms with E-state index in [0.717, 1.165) is 23.4 Å². The van der Waals surface area contributed by atoms with E-state index in [1.54, 1.807) is 6.92 Å². The number of carbonyl (C=O) groups excluding carboxylic acids is 1. The summed E-state index contributed by atoms with van der Waals surface area (Å²) in [7, 11) is 0. The SMILES string of the molecule is CCc1ccccc1O[C@@H](C)C(=O)Nc1ccccc1. The highest BCUT2D eigenvalue weighted by Gasteiger charge is 2.15. The van der Waals surface area contributed by atoms with E-state index in [2.05, 4.69) is 12.2 Å². The smallest absolute Gasteiger partial charge is 0.265 e. The van der Waals surface area contributed by atoms with Gasteiger partial charge in [0.2, 0.25) is 0 Å². The van der Waals surface area contributed by atoms with E-state index in [9.17, 15) is 4.79 Å². The van der Waals surface area contributed by atoms with Crippen LogP contribution < -0.4 is 10.1 Å². The molecule has 2 rings (SSSR count). The number of hydrogen-bond donors (Lipinski definition) is 1. The zero-order valence-electron chi connectivity index (χ0n) is 11.8. The van der Waals surface area contributed by atoms with Crippen molar-refractivity contribution in [2.45, 2.75) is 26.4 Å². The number of ether oxygens (including phenoxy) is 1. The molecule has 0 aliphatic rings. The van der Waals surface area contributed by atoms with Gasteiger partial charge in [0.25, 0.3) is 5.91 Å². The number of nitrogens with one attached hydrogen (secondary N) is 1. The Kier molecular flexibility index (Phi) is 4.77. The average Bonchev–Trinajstić information content (AvgIpc) is 2.48. The fourth-order valence-electron chi connectivity index (χ4n) is 1.92. The van der Waals surface area contributed by atoms with Crippen molar-refractivity contribution in [2.75, 3.05) is 5.32 Å². The molecule has 0 saturated heterocycles. The van der Waals surface area contributed by atoms with Crippen molar-refractivity contribution >= 4 is 11.6 Å². The van der Waals surface area contributed by atoms with Crippen molar-refractivity contribution in [1.82, 2.24) is 0 Å². The Morgan fingerprint density at radius 1 is 1.10 bits per heavy atom. The van der Waals surface area contributed by atoms with Crippen LogP contribution in [-0.4, -0.2) is 12.0 Å². The summed E-state index contributed by atoms with van der Waals surface area (Å²) in [6.07, 6.45) is 0.339. The van der Waals surface area contributed by atoms with Gasteiger partial charge in [-0.05, 0) is 37.1 Å². The van der Waals surface area contributed by atoms with E-state index in [1.165, 1.54) is 0 Å². The van der Waals surface area contributed by atoms with Crippen LogP contribution in [0.15, 0.2) is 54.6 Å². The molecule has 0 aliphatic heterocycles. The third-order valence-corrected chi connectivity index (χ3v) is 3.07. The molecular weight excluding hydrogens is 250 g/mol. The van der Waals surface area contributed by atoms with Crippen molar-refractivity contribution in [2.24, 2.45) is 0 Å². The number of aryl methyl sites for hydroxylation is 1. The highest BCUT2D eigenvalue weighted by molar-refractivity contribution is 5.94. The lowest BCUT2D eigenvalue weighted by atomic mass is 10.1. The van der Waals surface area contributed by atoms with E-state index in [1.807, 2.05) is 54.6 Å². The van der Waals surface area contributed by atoms with Crippen LogP contribution in [0.5, 0.6) is 5.75 Å². The zero-order valence-corrected chi connectivity index (χ0v) is 11.8. The second kappa shape index (κ2) is 6.75. The summed E-state index contributed by atoms with van der Waals surface area (Å²) in [6, 6.07) is 17.2. The summed E-state index contributed by atoms with van der Waals surface area (Å²) in [5.74, 6) is 0.618. The van der Waals surface area contributed by atoms with Crippen LogP contribution in [0.25, 0.3) is 0 Å². The lowest BCUT2D eigenvalue weighted by Crippen LogP contribution is -2.30. The number of rotatable bonds is 5. The molecule has 104 valence electrons. The molecule has 3 nitrogen and oxygen atoms in total. The second-order valence-electron chi connectivity index (χ2n) is 4.58. The number of hydrogen-bond acceptors (Lipinski definition) is 2. The molecule has 1 amide bonds. The van der Waals surface area contributed by atoms with Gasteiger partial charge in [-0.3, -0.25) is 4.79 Å². The van der Waals surface area contributed by atoms with Gasteiger partial charge < -0.3 is 10.1 Å². The van der Waals surface area contributed by atoms with Crippen LogP contribution >= 0.6 is 0 Å². The molecule has 1 atom stereocenters. The first-order chi connectivity index (χ1) is 9.70. The predicted molar refractivity (Wildman–Crippen MR) is 81.0 cm³/mol. The number of carbonyl (C=O) groups is 1. The van der Waals surface area contributed by atoms with Crippen LogP contribution in [0.4, 0.5) is 5.69 Å². The zero-order chi connectivity index (χ0) is 14.4. The molecule has 0 bridgehead atoms. The molecule has 3 heteroatoms. The standard InChI is InChI=1S/C17H19NO2/c1-3-14-9-7-8-12-16(14)20-13(2)17(19)18-15-10-5-4-6-11-15/h4-13H,3H2,1-2H3,(H,18,19)/t13-/m0/s1. The van der Waals surface area contributed by atoms with Gasteiger partial charge in [-0.1, -0.05) is 43.3 Å². The molecule has 0 aliphatic carbocycles. The van der Waals surface area contributed by atoms with Gasteiger partial charge in [-0.2, -0.15) is 0 Å². The molecule has 2 aromatic rings. The number of para-hydroxylation sites is 2. The minimum atomic E-state index is -0.539. The normalized spacial score (nSPS) is 11.7. The average molecular weight is 269 g/mol. The molecule has 2 aromatic carbocycles. The molecular formula is C17H19NO2. The van der Waals surface area contributed by atoms with Crippen molar-refractivity contribution in [1.29, 1.82) is 0 Å². The molecule has 0 unspecified atom stereocenters. The first-order valence-electron chi connectivity index (χ1n) is 6.81. The number of amides is 1. The van der Waals surface area contributed by atoms with E-state index in [0.29, 0.717) is 0 Å². The van der Waals surface area contributed by atoms with Gasteiger partial charge in [0.05, 0.1) is 0 Å². The van der Waals surface area contributed by atoms with E-state index in [-0.39, 0.29) is 5.91 Å². The first kappa shape index (κ1) is 14.1. The van der Waals surface area contributed by atoms with E-state index in [4.69, 9.17) is 4.74 Å². The van der Waals surface area contributed by atoms with Crippen LogP contribution in [0.1, 0.15) is 19.4 Å². The van der Waals surface area contributed by atoms with Crippen LogP contribution in [-0.2, 0) is 11.2 Å². The lowest BCUT2D eigenvalue weighted by molar-refractivity contribution is -0.122. The number of anilines is 1. The number of benzene rings is 2. The molecule has 1 N–H and O–H groups in total. The second-order valence-corrected chi connectivity index (χ2v) is 4.58. The van der Waals surface area contributed by atoms with Crippen LogP contribution in [0.2, 0.25) is 0 Å². The Bertz CT molecular complexity index is 566. The van der Waals surface area contributed by atoms with Gasteiger partial charge in [-0.15, -0.1) is 0 Å². The molecule has 20 heavy (non-hydrogen) atoms. The summed E-state index contributed by atoms with van der Waals surface area (Å²) < 4.78 is 5.76. The molecule has 0 spiro atoms. The van der Waals surface area contributed by atoms with Gasteiger partial charge in [-0.25, -0.2) is 0 Å². The Balaban J connectivity index is 2.01. The minimum Gasteiger partial charge on any atom is -0.481 e. The van der Waals surface area contributed by atoms with Crippen molar-refractivity contribution in [3.63, 3.8) is 0 Å². The maximum Gasteiger partial charge on any atom is 0.265 e. The predicted octanol–water partition coefficient (Wildman–Crippen LogP) is 3.66. The van der Waals surface area contributed by atoms with Crippen LogP contribution in [0.3, 0.4) is 0 Å². The molecule has 0 aromatic heterocycles. The molecule has 0 heterocycles. The summed E-state index contributed by atoms with van der Waals surface area (Å²) in [5.41, 5.74) is 1.88. The monoisotopic (exact) mass is 269 g/mol. The van der Waals surface area contributed by atoms with Gasteiger partial charge >= 0.3 is 0 Å².